The van der Waals surface area contributed by atoms with Gasteiger partial charge in [0.15, 0.2) is 0 Å². The summed E-state index contributed by atoms with van der Waals surface area (Å²) >= 11 is 0. The summed E-state index contributed by atoms with van der Waals surface area (Å²) in [5.41, 5.74) is 5.27. The molecule has 0 bridgehead atoms. The van der Waals surface area contributed by atoms with Gasteiger partial charge in [-0.2, -0.15) is 5.10 Å². The van der Waals surface area contributed by atoms with E-state index in [1.165, 1.54) is 0 Å². The van der Waals surface area contributed by atoms with Gasteiger partial charge >= 0.3 is 0 Å². The van der Waals surface area contributed by atoms with Gasteiger partial charge in [-0.05, 0) is 55.5 Å². The van der Waals surface area contributed by atoms with Crippen LogP contribution in [0.15, 0.2) is 65.9 Å². The number of carbonyl (C=O) groups excluding carboxylic acids is 1. The quantitative estimate of drug-likeness (QED) is 0.457. The van der Waals surface area contributed by atoms with Gasteiger partial charge < -0.3 is 14.4 Å². The molecule has 2 aromatic heterocycles. The number of hydrogen-bond acceptors (Lipinski definition) is 7. The van der Waals surface area contributed by atoms with Gasteiger partial charge in [0.25, 0.3) is 5.91 Å². The molecule has 32 heavy (non-hydrogen) atoms. The second-order valence-electron chi connectivity index (χ2n) is 7.08. The Hall–Kier alpha value is -3.78. The number of amides is 1. The molecule has 0 saturated carbocycles. The van der Waals surface area contributed by atoms with Gasteiger partial charge in [-0.15, -0.1) is 0 Å². The largest absolute Gasteiger partial charge is 0.494 e. The van der Waals surface area contributed by atoms with Crippen LogP contribution in [0.2, 0.25) is 0 Å². The summed E-state index contributed by atoms with van der Waals surface area (Å²) in [6, 6.07) is 16.7. The van der Waals surface area contributed by atoms with E-state index < -0.39 is 0 Å². The van der Waals surface area contributed by atoms with Crippen molar-refractivity contribution < 1.29 is 14.3 Å². The third-order valence-corrected chi connectivity index (χ3v) is 4.94. The van der Waals surface area contributed by atoms with Crippen LogP contribution in [0.1, 0.15) is 23.0 Å². The zero-order valence-electron chi connectivity index (χ0n) is 17.9. The summed E-state index contributed by atoms with van der Waals surface area (Å²) in [7, 11) is 0. The Kier molecular flexibility index (Phi) is 7.04. The minimum Gasteiger partial charge on any atom is -0.494 e. The van der Waals surface area contributed by atoms with Crippen LogP contribution in [0.5, 0.6) is 5.75 Å². The molecule has 1 N–H and O–H groups in total. The number of anilines is 1. The molecular weight excluding hydrogens is 406 g/mol. The second-order valence-corrected chi connectivity index (χ2v) is 7.08. The average molecular weight is 431 g/mol. The van der Waals surface area contributed by atoms with Crippen molar-refractivity contribution in [2.45, 2.75) is 6.92 Å². The Morgan fingerprint density at radius 1 is 1.16 bits per heavy atom. The first-order chi connectivity index (χ1) is 15.7. The van der Waals surface area contributed by atoms with Gasteiger partial charge in [-0.3, -0.25) is 4.79 Å². The van der Waals surface area contributed by atoms with Crippen molar-refractivity contribution in [3.63, 3.8) is 0 Å². The van der Waals surface area contributed by atoms with Crippen LogP contribution < -0.4 is 15.1 Å². The van der Waals surface area contributed by atoms with Crippen molar-refractivity contribution in [1.82, 2.24) is 15.4 Å². The first-order valence-electron chi connectivity index (χ1n) is 10.6. The predicted molar refractivity (Wildman–Crippen MR) is 123 cm³/mol. The van der Waals surface area contributed by atoms with Gasteiger partial charge in [-0.25, -0.2) is 15.4 Å². The van der Waals surface area contributed by atoms with Crippen LogP contribution in [-0.2, 0) is 4.74 Å². The fraction of sp³-hybridized carbons (Fsp3) is 0.250. The average Bonchev–Trinajstić information content (AvgIpc) is 2.85. The van der Waals surface area contributed by atoms with E-state index in [-0.39, 0.29) is 11.6 Å². The molecule has 8 heteroatoms. The summed E-state index contributed by atoms with van der Waals surface area (Å²) in [4.78, 5) is 23.7. The van der Waals surface area contributed by atoms with Crippen molar-refractivity contribution in [1.29, 1.82) is 0 Å². The molecule has 8 nitrogen and oxygen atoms in total. The summed E-state index contributed by atoms with van der Waals surface area (Å²) in [6.45, 7) is 5.43. The van der Waals surface area contributed by atoms with Crippen LogP contribution in [0.4, 0.5) is 5.82 Å². The molecule has 0 unspecified atom stereocenters. The molecule has 0 atom stereocenters. The number of morpholine rings is 1. The van der Waals surface area contributed by atoms with Crippen molar-refractivity contribution >= 4 is 17.9 Å². The number of aromatic nitrogens is 2. The monoisotopic (exact) mass is 431 g/mol. The first-order valence-corrected chi connectivity index (χ1v) is 10.6. The molecule has 0 aliphatic carbocycles. The number of rotatable bonds is 7. The lowest BCUT2D eigenvalue weighted by Crippen LogP contribution is -2.37. The minimum absolute atomic E-state index is 0.285. The number of nitrogens with one attached hydrogen (secondary N) is 1. The number of hydrazone groups is 1. The summed E-state index contributed by atoms with van der Waals surface area (Å²) in [5, 5.41) is 4.13. The highest BCUT2D eigenvalue weighted by atomic mass is 16.5. The Morgan fingerprint density at radius 3 is 2.75 bits per heavy atom. The Balaban J connectivity index is 1.44. The normalized spacial score (nSPS) is 13.8. The maximum absolute atomic E-state index is 12.6. The highest BCUT2D eigenvalue weighted by Gasteiger charge is 2.15. The number of benzene rings is 1. The Morgan fingerprint density at radius 2 is 1.97 bits per heavy atom. The third-order valence-electron chi connectivity index (χ3n) is 4.94. The number of nitrogens with zero attached hydrogens (tertiary/aromatic N) is 4. The van der Waals surface area contributed by atoms with E-state index in [4.69, 9.17) is 9.47 Å². The van der Waals surface area contributed by atoms with Crippen LogP contribution in [0, 0.1) is 0 Å². The van der Waals surface area contributed by atoms with E-state index in [1.807, 2.05) is 49.4 Å². The maximum atomic E-state index is 12.6. The smallest absolute Gasteiger partial charge is 0.289 e. The topological polar surface area (TPSA) is 88.9 Å². The number of carbonyl (C=O) groups is 1. The SMILES string of the molecule is CCOc1ccc(-c2cccc(C(=O)N/N=C/c3cccnc3N3CCOCC3)n2)cc1. The fourth-order valence-corrected chi connectivity index (χ4v) is 3.38. The molecule has 1 saturated heterocycles. The molecule has 1 aliphatic rings. The molecule has 1 amide bonds. The van der Waals surface area contributed by atoms with E-state index in [1.54, 1.807) is 24.5 Å². The third kappa shape index (κ3) is 5.28. The number of hydrogen-bond donors (Lipinski definition) is 1. The molecule has 1 aliphatic heterocycles. The Labute approximate surface area is 186 Å². The highest BCUT2D eigenvalue weighted by Crippen LogP contribution is 2.21. The lowest BCUT2D eigenvalue weighted by Gasteiger charge is -2.28. The molecule has 3 aromatic rings. The molecule has 1 aromatic carbocycles. The molecular formula is C24H25N5O3. The number of ether oxygens (including phenoxy) is 2. The molecule has 1 fully saturated rings. The summed E-state index contributed by atoms with van der Waals surface area (Å²) in [5.74, 6) is 1.24. The van der Waals surface area contributed by atoms with Crippen molar-refractivity contribution in [2.75, 3.05) is 37.8 Å². The molecule has 0 radical (unpaired) electrons. The van der Waals surface area contributed by atoms with E-state index in [9.17, 15) is 4.79 Å². The van der Waals surface area contributed by atoms with E-state index in [0.29, 0.717) is 25.5 Å². The predicted octanol–water partition coefficient (Wildman–Crippen LogP) is 3.14. The van der Waals surface area contributed by atoms with Gasteiger partial charge in [-0.1, -0.05) is 6.07 Å². The highest BCUT2D eigenvalue weighted by molar-refractivity contribution is 5.94. The Bertz CT molecular complexity index is 1080. The minimum atomic E-state index is -0.383. The maximum Gasteiger partial charge on any atom is 0.289 e. The number of pyridine rings is 2. The molecule has 4 rings (SSSR count). The van der Waals surface area contributed by atoms with Crippen LogP contribution in [0.25, 0.3) is 11.3 Å². The van der Waals surface area contributed by atoms with Crippen LogP contribution in [-0.4, -0.2) is 55.0 Å². The van der Waals surface area contributed by atoms with E-state index in [2.05, 4.69) is 25.4 Å². The van der Waals surface area contributed by atoms with Crippen LogP contribution >= 0.6 is 0 Å². The zero-order chi connectivity index (χ0) is 22.2. The lowest BCUT2D eigenvalue weighted by atomic mass is 10.1. The lowest BCUT2D eigenvalue weighted by molar-refractivity contribution is 0.0950. The standard InChI is InChI=1S/C24H25N5O3/c1-2-32-20-10-8-18(9-11-20)21-6-3-7-22(27-21)24(30)28-26-17-19-5-4-12-25-23(19)29-13-15-31-16-14-29/h3-12,17H,2,13-16H2,1H3,(H,28,30)/b26-17+. The molecule has 164 valence electrons. The van der Waals surface area contributed by atoms with Gasteiger partial charge in [0.05, 0.1) is 31.7 Å². The fourth-order valence-electron chi connectivity index (χ4n) is 3.38. The molecule has 3 heterocycles. The van der Waals surface area contributed by atoms with Crippen molar-refractivity contribution in [2.24, 2.45) is 5.10 Å². The molecule has 0 spiro atoms. The second kappa shape index (κ2) is 10.5. The van der Waals surface area contributed by atoms with E-state index in [0.717, 1.165) is 35.8 Å². The summed E-state index contributed by atoms with van der Waals surface area (Å²) < 4.78 is 10.9. The van der Waals surface area contributed by atoms with Crippen molar-refractivity contribution in [3.8, 4) is 17.0 Å². The van der Waals surface area contributed by atoms with Gasteiger partial charge in [0, 0.05) is 30.4 Å². The first kappa shape index (κ1) is 21.5. The van der Waals surface area contributed by atoms with Gasteiger partial charge in [0.2, 0.25) is 0 Å². The summed E-state index contributed by atoms with van der Waals surface area (Å²) in [6.07, 6.45) is 3.35. The zero-order valence-corrected chi connectivity index (χ0v) is 17.9. The van der Waals surface area contributed by atoms with Crippen LogP contribution in [0.3, 0.4) is 0 Å². The van der Waals surface area contributed by atoms with Gasteiger partial charge in [0.1, 0.15) is 17.3 Å². The van der Waals surface area contributed by atoms with Crippen molar-refractivity contribution in [3.05, 3.63) is 72.1 Å². The van der Waals surface area contributed by atoms with E-state index >= 15 is 0 Å².